The van der Waals surface area contributed by atoms with Crippen LogP contribution in [-0.4, -0.2) is 23.4 Å². The second kappa shape index (κ2) is 9.12. The molecule has 26 heavy (non-hydrogen) atoms. The van der Waals surface area contributed by atoms with Crippen LogP contribution in [0.15, 0.2) is 54.6 Å². The maximum absolute atomic E-state index is 11.7. The van der Waals surface area contributed by atoms with Crippen LogP contribution in [0.1, 0.15) is 16.7 Å². The van der Waals surface area contributed by atoms with Gasteiger partial charge >= 0.3 is 5.97 Å². The van der Waals surface area contributed by atoms with Gasteiger partial charge in [-0.05, 0) is 24.6 Å². The van der Waals surface area contributed by atoms with E-state index in [1.54, 1.807) is 6.07 Å². The van der Waals surface area contributed by atoms with Crippen molar-refractivity contribution in [1.82, 2.24) is 5.32 Å². The van der Waals surface area contributed by atoms with Gasteiger partial charge in [-0.3, -0.25) is 14.9 Å². The fourth-order valence-corrected chi connectivity index (χ4v) is 2.09. The predicted molar refractivity (Wildman–Crippen MR) is 96.1 cm³/mol. The first-order valence-electron chi connectivity index (χ1n) is 7.86. The van der Waals surface area contributed by atoms with Gasteiger partial charge in [0, 0.05) is 18.7 Å². The van der Waals surface area contributed by atoms with E-state index in [2.05, 4.69) is 5.32 Å². The van der Waals surface area contributed by atoms with Gasteiger partial charge in [-0.2, -0.15) is 0 Å². The van der Waals surface area contributed by atoms with E-state index < -0.39 is 23.4 Å². The summed E-state index contributed by atoms with van der Waals surface area (Å²) in [5, 5.41) is 13.5. The van der Waals surface area contributed by atoms with Crippen molar-refractivity contribution in [1.29, 1.82) is 0 Å². The number of hydrogen-bond donors (Lipinski definition) is 1. The van der Waals surface area contributed by atoms with Gasteiger partial charge in [0.2, 0.25) is 0 Å². The Morgan fingerprint density at radius 1 is 1.15 bits per heavy atom. The molecule has 2 aromatic carbocycles. The Balaban J connectivity index is 1.80. The molecular formula is C19H18N2O5. The number of nitrogens with one attached hydrogen (secondary N) is 1. The van der Waals surface area contributed by atoms with Crippen LogP contribution >= 0.6 is 0 Å². The van der Waals surface area contributed by atoms with Crippen molar-refractivity contribution in [3.8, 4) is 0 Å². The zero-order valence-corrected chi connectivity index (χ0v) is 14.2. The van der Waals surface area contributed by atoms with Crippen LogP contribution in [-0.2, 0) is 20.9 Å². The molecule has 0 aromatic heterocycles. The number of amides is 1. The number of carbonyl (C=O) groups excluding carboxylic acids is 2. The number of nitro benzene ring substituents is 1. The average molecular weight is 354 g/mol. The zero-order valence-electron chi connectivity index (χ0n) is 14.2. The summed E-state index contributed by atoms with van der Waals surface area (Å²) >= 11 is 0. The van der Waals surface area contributed by atoms with Crippen LogP contribution in [0.2, 0.25) is 0 Å². The Labute approximate surface area is 150 Å². The van der Waals surface area contributed by atoms with Crippen molar-refractivity contribution in [2.75, 3.05) is 6.61 Å². The van der Waals surface area contributed by atoms with Crippen molar-refractivity contribution in [2.45, 2.75) is 13.5 Å². The highest BCUT2D eigenvalue weighted by Crippen LogP contribution is 2.18. The van der Waals surface area contributed by atoms with Crippen LogP contribution in [0.4, 0.5) is 5.69 Å². The second-order valence-corrected chi connectivity index (χ2v) is 5.52. The average Bonchev–Trinajstić information content (AvgIpc) is 2.64. The fourth-order valence-electron chi connectivity index (χ4n) is 2.09. The molecule has 0 aliphatic carbocycles. The summed E-state index contributed by atoms with van der Waals surface area (Å²) in [6, 6.07) is 13.7. The third kappa shape index (κ3) is 5.86. The minimum Gasteiger partial charge on any atom is -0.452 e. The largest absolute Gasteiger partial charge is 0.452 e. The number of hydrogen-bond acceptors (Lipinski definition) is 5. The number of nitrogens with zero attached hydrogens (tertiary/aromatic N) is 1. The zero-order chi connectivity index (χ0) is 18.9. The fraction of sp³-hybridized carbons (Fsp3) is 0.158. The number of rotatable bonds is 7. The monoisotopic (exact) mass is 354 g/mol. The minimum absolute atomic E-state index is 0.118. The van der Waals surface area contributed by atoms with Gasteiger partial charge in [-0.15, -0.1) is 0 Å². The first-order valence-corrected chi connectivity index (χ1v) is 7.86. The third-order valence-electron chi connectivity index (χ3n) is 3.49. The molecule has 0 aliphatic heterocycles. The van der Waals surface area contributed by atoms with Gasteiger partial charge in [0.05, 0.1) is 10.5 Å². The lowest BCUT2D eigenvalue weighted by molar-refractivity contribution is -0.385. The number of ether oxygens (including phenoxy) is 1. The summed E-state index contributed by atoms with van der Waals surface area (Å²) in [6.45, 7) is 1.88. The van der Waals surface area contributed by atoms with E-state index in [9.17, 15) is 19.7 Å². The number of carbonyl (C=O) groups is 2. The van der Waals surface area contributed by atoms with Gasteiger partial charge in [-0.1, -0.05) is 42.0 Å². The van der Waals surface area contributed by atoms with Crippen LogP contribution in [0.25, 0.3) is 6.08 Å². The molecule has 0 radical (unpaired) electrons. The van der Waals surface area contributed by atoms with Crippen molar-refractivity contribution >= 4 is 23.6 Å². The summed E-state index contributed by atoms with van der Waals surface area (Å²) in [7, 11) is 0. The van der Waals surface area contributed by atoms with Crippen LogP contribution < -0.4 is 5.32 Å². The van der Waals surface area contributed by atoms with E-state index in [-0.39, 0.29) is 11.3 Å². The lowest BCUT2D eigenvalue weighted by atomic mass is 10.1. The summed E-state index contributed by atoms with van der Waals surface area (Å²) in [4.78, 5) is 33.7. The highest BCUT2D eigenvalue weighted by Gasteiger charge is 2.10. The molecule has 7 heteroatoms. The first kappa shape index (κ1) is 18.9. The Morgan fingerprint density at radius 2 is 1.85 bits per heavy atom. The summed E-state index contributed by atoms with van der Waals surface area (Å²) < 4.78 is 4.83. The van der Waals surface area contributed by atoms with E-state index in [1.807, 2.05) is 31.2 Å². The van der Waals surface area contributed by atoms with Gasteiger partial charge in [0.25, 0.3) is 11.6 Å². The molecule has 0 heterocycles. The van der Waals surface area contributed by atoms with E-state index in [0.29, 0.717) is 6.54 Å². The van der Waals surface area contributed by atoms with Crippen LogP contribution in [0, 0.1) is 17.0 Å². The standard InChI is InChI=1S/C19H18N2O5/c1-14-6-8-15(9-7-14)12-20-18(22)13-26-19(23)11-10-16-4-2-3-5-17(16)21(24)25/h2-11H,12-13H2,1H3,(H,20,22)/b11-10+. The van der Waals surface area contributed by atoms with Crippen LogP contribution in [0.3, 0.4) is 0 Å². The molecule has 0 spiro atoms. The van der Waals surface area contributed by atoms with Gasteiger partial charge < -0.3 is 10.1 Å². The molecule has 1 amide bonds. The van der Waals surface area contributed by atoms with Gasteiger partial charge in [0.1, 0.15) is 0 Å². The highest BCUT2D eigenvalue weighted by molar-refractivity contribution is 5.89. The second-order valence-electron chi connectivity index (χ2n) is 5.52. The molecular weight excluding hydrogens is 336 g/mol. The molecule has 7 nitrogen and oxygen atoms in total. The van der Waals surface area contributed by atoms with Gasteiger partial charge in [-0.25, -0.2) is 4.79 Å². The number of esters is 1. The van der Waals surface area contributed by atoms with E-state index in [1.165, 1.54) is 24.3 Å². The quantitative estimate of drug-likeness (QED) is 0.357. The molecule has 0 aliphatic rings. The molecule has 134 valence electrons. The van der Waals surface area contributed by atoms with Crippen molar-refractivity contribution in [2.24, 2.45) is 0 Å². The number of benzene rings is 2. The van der Waals surface area contributed by atoms with Crippen molar-refractivity contribution in [3.05, 3.63) is 81.4 Å². The third-order valence-corrected chi connectivity index (χ3v) is 3.49. The van der Waals surface area contributed by atoms with E-state index >= 15 is 0 Å². The molecule has 0 saturated heterocycles. The topological polar surface area (TPSA) is 98.5 Å². The van der Waals surface area contributed by atoms with E-state index in [0.717, 1.165) is 17.2 Å². The number of nitro groups is 1. The summed E-state index contributed by atoms with van der Waals surface area (Å²) in [6.07, 6.45) is 2.33. The Morgan fingerprint density at radius 3 is 2.54 bits per heavy atom. The van der Waals surface area contributed by atoms with Crippen molar-refractivity contribution in [3.63, 3.8) is 0 Å². The normalized spacial score (nSPS) is 10.5. The molecule has 1 N–H and O–H groups in total. The minimum atomic E-state index is -0.756. The first-order chi connectivity index (χ1) is 12.5. The summed E-state index contributed by atoms with van der Waals surface area (Å²) in [5.74, 6) is -1.19. The van der Waals surface area contributed by atoms with Crippen molar-refractivity contribution < 1.29 is 19.2 Å². The van der Waals surface area contributed by atoms with Crippen LogP contribution in [0.5, 0.6) is 0 Å². The Bertz CT molecular complexity index is 828. The molecule has 2 aromatic rings. The molecule has 0 saturated carbocycles. The summed E-state index contributed by atoms with van der Waals surface area (Å²) in [5.41, 5.74) is 2.22. The number of para-hydroxylation sites is 1. The molecule has 0 atom stereocenters. The molecule has 0 bridgehead atoms. The molecule has 0 unspecified atom stereocenters. The maximum atomic E-state index is 11.7. The van der Waals surface area contributed by atoms with E-state index in [4.69, 9.17) is 4.74 Å². The smallest absolute Gasteiger partial charge is 0.331 e. The Kier molecular flexibility index (Phi) is 6.61. The molecule has 2 rings (SSSR count). The SMILES string of the molecule is Cc1ccc(CNC(=O)COC(=O)/C=C/c2ccccc2[N+](=O)[O-])cc1. The highest BCUT2D eigenvalue weighted by atomic mass is 16.6. The maximum Gasteiger partial charge on any atom is 0.331 e. The lowest BCUT2D eigenvalue weighted by Crippen LogP contribution is -2.28. The van der Waals surface area contributed by atoms with Gasteiger partial charge in [0.15, 0.2) is 6.61 Å². The predicted octanol–water partition coefficient (Wildman–Crippen LogP) is 2.78. The lowest BCUT2D eigenvalue weighted by Gasteiger charge is -2.06. The Hall–Kier alpha value is -3.48. The molecule has 0 fully saturated rings. The number of aryl methyl sites for hydroxylation is 1.